The first-order valence-electron chi connectivity index (χ1n) is 15.2. The number of piperidine rings is 1. The molecular formula is C37H30F2N4O4. The lowest BCUT2D eigenvalue weighted by atomic mass is 9.98. The SMILES string of the molecule is Nc1ccc(/C=C/C(=O)NCc2cc3cc(-c4ccc(C(=O)N5CCC(F)(F)CC5)cc4)cc(-c4cc5ccccc5o4)c3o2)cn1. The van der Waals surface area contributed by atoms with Crippen LogP contribution in [0.5, 0.6) is 0 Å². The number of carbonyl (C=O) groups is 2. The minimum absolute atomic E-state index is 0.0325. The molecule has 3 aromatic carbocycles. The number of furan rings is 2. The predicted molar refractivity (Wildman–Crippen MR) is 176 cm³/mol. The number of halogens is 2. The van der Waals surface area contributed by atoms with E-state index in [1.54, 1.807) is 36.5 Å². The van der Waals surface area contributed by atoms with E-state index in [-0.39, 0.29) is 44.3 Å². The van der Waals surface area contributed by atoms with E-state index in [4.69, 9.17) is 14.6 Å². The molecule has 0 aliphatic carbocycles. The van der Waals surface area contributed by atoms with Crippen molar-refractivity contribution < 1.29 is 27.2 Å². The van der Waals surface area contributed by atoms with Gasteiger partial charge in [0.05, 0.1) is 12.1 Å². The van der Waals surface area contributed by atoms with E-state index < -0.39 is 5.92 Å². The normalized spacial score (nSPS) is 14.6. The Labute approximate surface area is 268 Å². The van der Waals surface area contributed by atoms with Gasteiger partial charge in [0.1, 0.15) is 28.5 Å². The van der Waals surface area contributed by atoms with Gasteiger partial charge in [0.2, 0.25) is 5.91 Å². The van der Waals surface area contributed by atoms with Crippen molar-refractivity contribution in [1.82, 2.24) is 15.2 Å². The van der Waals surface area contributed by atoms with Gasteiger partial charge in [0.25, 0.3) is 11.8 Å². The fraction of sp³-hybridized carbons (Fsp3) is 0.162. The Hall–Kier alpha value is -5.77. The lowest BCUT2D eigenvalue weighted by Gasteiger charge is -2.31. The van der Waals surface area contributed by atoms with Gasteiger partial charge in [0.15, 0.2) is 0 Å². The third-order valence-corrected chi connectivity index (χ3v) is 8.28. The van der Waals surface area contributed by atoms with Crippen molar-refractivity contribution >= 4 is 45.6 Å². The summed E-state index contributed by atoms with van der Waals surface area (Å²) < 4.78 is 39.7. The summed E-state index contributed by atoms with van der Waals surface area (Å²) in [5.41, 5.74) is 10.6. The third-order valence-electron chi connectivity index (χ3n) is 8.28. The largest absolute Gasteiger partial charge is 0.458 e. The van der Waals surface area contributed by atoms with Crippen LogP contribution >= 0.6 is 0 Å². The average molecular weight is 633 g/mol. The van der Waals surface area contributed by atoms with Crippen molar-refractivity contribution in [2.75, 3.05) is 18.8 Å². The number of amides is 2. The number of carbonyl (C=O) groups excluding carboxylic acids is 2. The van der Waals surface area contributed by atoms with E-state index in [1.807, 2.05) is 60.7 Å². The van der Waals surface area contributed by atoms with Gasteiger partial charge in [-0.25, -0.2) is 13.8 Å². The molecule has 0 radical (unpaired) electrons. The number of rotatable bonds is 7. The number of hydrogen-bond acceptors (Lipinski definition) is 6. The highest BCUT2D eigenvalue weighted by molar-refractivity contribution is 5.99. The second kappa shape index (κ2) is 12.2. The van der Waals surface area contributed by atoms with E-state index in [0.29, 0.717) is 28.5 Å². The van der Waals surface area contributed by atoms with Crippen LogP contribution in [0.15, 0.2) is 106 Å². The van der Waals surface area contributed by atoms with Gasteiger partial charge >= 0.3 is 0 Å². The van der Waals surface area contributed by atoms with E-state index in [1.165, 1.54) is 11.0 Å². The number of aromatic nitrogens is 1. The Morgan fingerprint density at radius 1 is 0.915 bits per heavy atom. The third kappa shape index (κ3) is 6.48. The molecule has 0 bridgehead atoms. The molecule has 0 saturated carbocycles. The Morgan fingerprint density at radius 2 is 1.70 bits per heavy atom. The van der Waals surface area contributed by atoms with Crippen molar-refractivity contribution in [3.05, 3.63) is 114 Å². The molecular weight excluding hydrogens is 602 g/mol. The molecule has 8 nitrogen and oxygen atoms in total. The Bertz CT molecular complexity index is 2090. The van der Waals surface area contributed by atoms with Gasteiger partial charge in [-0.1, -0.05) is 30.3 Å². The highest BCUT2D eigenvalue weighted by Crippen LogP contribution is 2.38. The highest BCUT2D eigenvalue weighted by atomic mass is 19.3. The van der Waals surface area contributed by atoms with Crippen LogP contribution < -0.4 is 11.1 Å². The standard InChI is InChI=1S/C37H30F2N4O4/c38-37(39)13-15-43(16-14-37)36(45)25-9-7-24(8-10-25)27-17-28-18-29(22-42-34(44)12-6-23-5-11-33(40)41-21-23)46-35(28)30(19-27)32-20-26-3-1-2-4-31(26)47-32/h1-12,17-21H,13-16,22H2,(H2,40,41)(H,42,44)/b12-6+. The van der Waals surface area contributed by atoms with Gasteiger partial charge in [0, 0.05) is 54.5 Å². The number of nitrogen functional groups attached to an aromatic ring is 1. The molecule has 1 aliphatic rings. The van der Waals surface area contributed by atoms with Crippen LogP contribution in [0.25, 0.3) is 50.5 Å². The van der Waals surface area contributed by atoms with Gasteiger partial charge in [-0.2, -0.15) is 0 Å². The van der Waals surface area contributed by atoms with Crippen molar-refractivity contribution in [2.24, 2.45) is 0 Å². The number of anilines is 1. The molecule has 3 N–H and O–H groups in total. The summed E-state index contributed by atoms with van der Waals surface area (Å²) in [5, 5.41) is 4.60. The molecule has 47 heavy (non-hydrogen) atoms. The molecule has 0 unspecified atom stereocenters. The molecule has 1 fully saturated rings. The second-order valence-corrected chi connectivity index (χ2v) is 11.6. The zero-order valence-corrected chi connectivity index (χ0v) is 25.2. The summed E-state index contributed by atoms with van der Waals surface area (Å²) in [5.74, 6) is -1.70. The maximum Gasteiger partial charge on any atom is 0.253 e. The molecule has 1 saturated heterocycles. The summed E-state index contributed by atoms with van der Waals surface area (Å²) in [6.45, 7) is 0.224. The molecule has 236 valence electrons. The maximum atomic E-state index is 13.6. The van der Waals surface area contributed by atoms with E-state index in [0.717, 1.165) is 38.6 Å². The zero-order chi connectivity index (χ0) is 32.5. The molecule has 2 amide bonds. The summed E-state index contributed by atoms with van der Waals surface area (Å²) in [6, 6.07) is 26.1. The molecule has 1 aliphatic heterocycles. The smallest absolute Gasteiger partial charge is 0.253 e. The quantitative estimate of drug-likeness (QED) is 0.175. The highest BCUT2D eigenvalue weighted by Gasteiger charge is 2.35. The monoisotopic (exact) mass is 632 g/mol. The number of nitrogens with one attached hydrogen (secondary N) is 1. The molecule has 3 aromatic heterocycles. The van der Waals surface area contributed by atoms with Gasteiger partial charge in [-0.3, -0.25) is 9.59 Å². The predicted octanol–water partition coefficient (Wildman–Crippen LogP) is 7.69. The van der Waals surface area contributed by atoms with Crippen molar-refractivity contribution in [2.45, 2.75) is 25.3 Å². The van der Waals surface area contributed by atoms with Gasteiger partial charge in [-0.15, -0.1) is 0 Å². The van der Waals surface area contributed by atoms with Crippen molar-refractivity contribution in [3.8, 4) is 22.5 Å². The summed E-state index contributed by atoms with van der Waals surface area (Å²) >= 11 is 0. The zero-order valence-electron chi connectivity index (χ0n) is 25.2. The number of nitrogens with zero attached hydrogens (tertiary/aromatic N) is 2. The first-order chi connectivity index (χ1) is 22.7. The number of fused-ring (bicyclic) bond motifs is 2. The second-order valence-electron chi connectivity index (χ2n) is 11.6. The Morgan fingerprint density at radius 3 is 2.45 bits per heavy atom. The molecule has 6 aromatic rings. The number of likely N-dealkylation sites (tertiary alicyclic amines) is 1. The summed E-state index contributed by atoms with van der Waals surface area (Å²) in [6.07, 6.45) is 4.00. The first-order valence-corrected chi connectivity index (χ1v) is 15.2. The minimum Gasteiger partial charge on any atom is -0.458 e. The van der Waals surface area contributed by atoms with Crippen LogP contribution in [-0.2, 0) is 11.3 Å². The minimum atomic E-state index is -2.72. The van der Waals surface area contributed by atoms with E-state index in [9.17, 15) is 18.4 Å². The lowest BCUT2D eigenvalue weighted by molar-refractivity contribution is -0.116. The molecule has 10 heteroatoms. The van der Waals surface area contributed by atoms with Gasteiger partial charge in [-0.05, 0) is 77.4 Å². The van der Waals surface area contributed by atoms with Gasteiger partial charge < -0.3 is 24.8 Å². The molecule has 0 spiro atoms. The fourth-order valence-corrected chi connectivity index (χ4v) is 5.70. The topological polar surface area (TPSA) is 115 Å². The lowest BCUT2D eigenvalue weighted by Crippen LogP contribution is -2.42. The van der Waals surface area contributed by atoms with Crippen LogP contribution in [0, 0.1) is 0 Å². The van der Waals surface area contributed by atoms with Crippen LogP contribution in [0.2, 0.25) is 0 Å². The molecule has 0 atom stereocenters. The van der Waals surface area contributed by atoms with E-state index in [2.05, 4.69) is 10.3 Å². The number of alkyl halides is 2. The number of nitrogens with two attached hydrogens (primary N) is 1. The molecule has 4 heterocycles. The number of hydrogen-bond donors (Lipinski definition) is 2. The molecule has 7 rings (SSSR count). The number of benzene rings is 3. The first kappa shape index (κ1) is 29.9. The van der Waals surface area contributed by atoms with Crippen LogP contribution in [0.4, 0.5) is 14.6 Å². The number of para-hydroxylation sites is 1. The van der Waals surface area contributed by atoms with Crippen molar-refractivity contribution in [3.63, 3.8) is 0 Å². The van der Waals surface area contributed by atoms with E-state index >= 15 is 0 Å². The summed E-state index contributed by atoms with van der Waals surface area (Å²) in [7, 11) is 0. The van der Waals surface area contributed by atoms with Crippen LogP contribution in [0.3, 0.4) is 0 Å². The maximum absolute atomic E-state index is 13.6. The summed E-state index contributed by atoms with van der Waals surface area (Å²) in [4.78, 5) is 31.1. The Kier molecular flexibility index (Phi) is 7.77. The van der Waals surface area contributed by atoms with Crippen LogP contribution in [-0.4, -0.2) is 40.7 Å². The fourth-order valence-electron chi connectivity index (χ4n) is 5.70. The average Bonchev–Trinajstić information content (AvgIpc) is 3.71. The number of pyridine rings is 1. The Balaban J connectivity index is 1.17. The van der Waals surface area contributed by atoms with Crippen molar-refractivity contribution in [1.29, 1.82) is 0 Å². The van der Waals surface area contributed by atoms with Crippen LogP contribution in [0.1, 0.15) is 34.5 Å².